The second-order valence-corrected chi connectivity index (χ2v) is 3.03. The molecule has 0 aliphatic rings. The minimum absolute atomic E-state index is 0.344. The number of nitrogens with one attached hydrogen (secondary N) is 1. The van der Waals surface area contributed by atoms with Gasteiger partial charge in [0.1, 0.15) is 5.82 Å². The molecule has 1 rings (SSSR count). The summed E-state index contributed by atoms with van der Waals surface area (Å²) in [6.07, 6.45) is 1.72. The van der Waals surface area contributed by atoms with Crippen molar-refractivity contribution in [1.29, 1.82) is 0 Å². The van der Waals surface area contributed by atoms with E-state index in [1.54, 1.807) is 12.1 Å². The summed E-state index contributed by atoms with van der Waals surface area (Å²) in [6.45, 7) is 0.564. The van der Waals surface area contributed by atoms with Crippen molar-refractivity contribution in [2.24, 2.45) is 0 Å². The Hall–Kier alpha value is -0.730. The van der Waals surface area contributed by atoms with E-state index in [0.717, 1.165) is 0 Å². The first-order chi connectivity index (χ1) is 6.24. The number of hydrogen-bond acceptors (Lipinski definition) is 1. The van der Waals surface area contributed by atoms with Crippen molar-refractivity contribution in [2.45, 2.75) is 0 Å². The Balaban J connectivity index is 2.66. The highest BCUT2D eigenvalue weighted by molar-refractivity contribution is 6.33. The maximum atomic E-state index is 12.6. The van der Waals surface area contributed by atoms with Crippen LogP contribution in [0.2, 0.25) is 5.02 Å². The molecule has 4 heteroatoms. The quantitative estimate of drug-likeness (QED) is 0.819. The number of anilines is 1. The Bertz CT molecular complexity index is 312. The van der Waals surface area contributed by atoms with Crippen LogP contribution in [0.5, 0.6) is 0 Å². The molecule has 0 heterocycles. The standard InChI is InChI=1S/C9H8Cl2FN/c10-4-1-5-13-9-3-2-7(12)6-8(9)11/h1-4,6,13H,5H2/b4-1+. The maximum absolute atomic E-state index is 12.6. The molecule has 0 radical (unpaired) electrons. The molecule has 1 aromatic rings. The first-order valence-electron chi connectivity index (χ1n) is 3.68. The van der Waals surface area contributed by atoms with Crippen molar-refractivity contribution in [2.75, 3.05) is 11.9 Å². The van der Waals surface area contributed by atoms with Gasteiger partial charge < -0.3 is 5.32 Å². The van der Waals surface area contributed by atoms with Crippen molar-refractivity contribution < 1.29 is 4.39 Å². The molecule has 0 fully saturated rings. The number of benzene rings is 1. The summed E-state index contributed by atoms with van der Waals surface area (Å²) in [4.78, 5) is 0. The molecule has 0 amide bonds. The lowest BCUT2D eigenvalue weighted by Crippen LogP contribution is -1.98. The van der Waals surface area contributed by atoms with Crippen LogP contribution >= 0.6 is 23.2 Å². The molecule has 0 aromatic heterocycles. The molecule has 0 saturated carbocycles. The van der Waals surface area contributed by atoms with Gasteiger partial charge in [0.25, 0.3) is 0 Å². The van der Waals surface area contributed by atoms with Gasteiger partial charge >= 0.3 is 0 Å². The van der Waals surface area contributed by atoms with Crippen LogP contribution in [0.1, 0.15) is 0 Å². The topological polar surface area (TPSA) is 12.0 Å². The number of halogens is 3. The van der Waals surface area contributed by atoms with Crippen molar-refractivity contribution in [3.63, 3.8) is 0 Å². The Morgan fingerprint density at radius 1 is 1.46 bits per heavy atom. The molecule has 70 valence electrons. The summed E-state index contributed by atoms with van der Waals surface area (Å²) < 4.78 is 12.6. The van der Waals surface area contributed by atoms with E-state index in [4.69, 9.17) is 23.2 Å². The molecule has 1 N–H and O–H groups in total. The highest BCUT2D eigenvalue weighted by atomic mass is 35.5. The summed E-state index contributed by atoms with van der Waals surface area (Å²) in [5, 5.41) is 3.34. The van der Waals surface area contributed by atoms with Gasteiger partial charge in [0.15, 0.2) is 0 Å². The van der Waals surface area contributed by atoms with Gasteiger partial charge in [0.2, 0.25) is 0 Å². The Labute approximate surface area is 86.2 Å². The van der Waals surface area contributed by atoms with E-state index in [1.807, 2.05) is 0 Å². The van der Waals surface area contributed by atoms with Gasteiger partial charge in [-0.2, -0.15) is 0 Å². The lowest BCUT2D eigenvalue weighted by atomic mass is 10.3. The van der Waals surface area contributed by atoms with Crippen LogP contribution in [0.4, 0.5) is 10.1 Å². The van der Waals surface area contributed by atoms with E-state index in [2.05, 4.69) is 5.32 Å². The zero-order valence-electron chi connectivity index (χ0n) is 6.73. The summed E-state index contributed by atoms with van der Waals surface area (Å²) in [5.74, 6) is -0.344. The second-order valence-electron chi connectivity index (χ2n) is 2.37. The lowest BCUT2D eigenvalue weighted by Gasteiger charge is -2.04. The summed E-state index contributed by atoms with van der Waals surface area (Å²) in [7, 11) is 0. The van der Waals surface area contributed by atoms with Crippen molar-refractivity contribution >= 4 is 28.9 Å². The molecule has 1 aromatic carbocycles. The molecule has 0 aliphatic carbocycles. The van der Waals surface area contributed by atoms with Gasteiger partial charge in [-0.25, -0.2) is 4.39 Å². The van der Waals surface area contributed by atoms with Crippen molar-refractivity contribution in [3.05, 3.63) is 40.7 Å². The third kappa shape index (κ3) is 3.25. The second kappa shape index (κ2) is 5.10. The van der Waals surface area contributed by atoms with Gasteiger partial charge in [-0.15, -0.1) is 0 Å². The fourth-order valence-corrected chi connectivity index (χ4v) is 1.17. The summed E-state index contributed by atoms with van der Waals surface area (Å²) in [5.41, 5.74) is 2.10. The van der Waals surface area contributed by atoms with E-state index in [1.165, 1.54) is 17.7 Å². The zero-order valence-corrected chi connectivity index (χ0v) is 8.24. The number of hydrogen-bond donors (Lipinski definition) is 1. The van der Waals surface area contributed by atoms with Crippen LogP contribution in [-0.4, -0.2) is 6.54 Å². The van der Waals surface area contributed by atoms with Crippen LogP contribution < -0.4 is 5.32 Å². The van der Waals surface area contributed by atoms with Gasteiger partial charge in [0, 0.05) is 12.1 Å². The van der Waals surface area contributed by atoms with E-state index in [0.29, 0.717) is 17.3 Å². The SMILES string of the molecule is Fc1ccc(NC/C=C/Cl)c(Cl)c1. The predicted octanol–water partition coefficient (Wildman–Crippen LogP) is 3.64. The number of rotatable bonds is 3. The van der Waals surface area contributed by atoms with Gasteiger partial charge in [-0.1, -0.05) is 29.3 Å². The average Bonchev–Trinajstić information content (AvgIpc) is 2.09. The van der Waals surface area contributed by atoms with Gasteiger partial charge in [0.05, 0.1) is 10.7 Å². The Kier molecular flexibility index (Phi) is 4.06. The van der Waals surface area contributed by atoms with Crippen molar-refractivity contribution in [3.8, 4) is 0 Å². The fraction of sp³-hybridized carbons (Fsp3) is 0.111. The molecule has 0 bridgehead atoms. The molecule has 0 atom stereocenters. The maximum Gasteiger partial charge on any atom is 0.124 e. The minimum Gasteiger partial charge on any atom is -0.380 e. The highest BCUT2D eigenvalue weighted by Gasteiger charge is 1.99. The molecule has 0 saturated heterocycles. The Morgan fingerprint density at radius 2 is 2.23 bits per heavy atom. The summed E-state index contributed by atoms with van der Waals surface area (Å²) >= 11 is 11.1. The molecular weight excluding hydrogens is 212 g/mol. The molecular formula is C9H8Cl2FN. The molecule has 13 heavy (non-hydrogen) atoms. The zero-order chi connectivity index (χ0) is 9.68. The monoisotopic (exact) mass is 219 g/mol. The van der Waals surface area contributed by atoms with Gasteiger partial charge in [-0.05, 0) is 18.2 Å². The lowest BCUT2D eigenvalue weighted by molar-refractivity contribution is 0.628. The smallest absolute Gasteiger partial charge is 0.124 e. The minimum atomic E-state index is -0.344. The van der Waals surface area contributed by atoms with Crippen LogP contribution in [0, 0.1) is 5.82 Å². The molecule has 0 unspecified atom stereocenters. The Morgan fingerprint density at radius 3 is 2.85 bits per heavy atom. The van der Waals surface area contributed by atoms with E-state index >= 15 is 0 Å². The fourth-order valence-electron chi connectivity index (χ4n) is 0.846. The average molecular weight is 220 g/mol. The van der Waals surface area contributed by atoms with E-state index in [-0.39, 0.29) is 5.82 Å². The highest BCUT2D eigenvalue weighted by Crippen LogP contribution is 2.21. The van der Waals surface area contributed by atoms with E-state index in [9.17, 15) is 4.39 Å². The molecule has 1 nitrogen and oxygen atoms in total. The predicted molar refractivity (Wildman–Crippen MR) is 54.9 cm³/mol. The van der Waals surface area contributed by atoms with Crippen LogP contribution in [-0.2, 0) is 0 Å². The first-order valence-corrected chi connectivity index (χ1v) is 4.49. The van der Waals surface area contributed by atoms with Crippen molar-refractivity contribution in [1.82, 2.24) is 0 Å². The van der Waals surface area contributed by atoms with E-state index < -0.39 is 0 Å². The largest absolute Gasteiger partial charge is 0.380 e. The van der Waals surface area contributed by atoms with Crippen LogP contribution in [0.25, 0.3) is 0 Å². The molecule has 0 aliphatic heterocycles. The third-order valence-electron chi connectivity index (χ3n) is 1.43. The molecule has 0 spiro atoms. The van der Waals surface area contributed by atoms with Gasteiger partial charge in [-0.3, -0.25) is 0 Å². The normalized spacial score (nSPS) is 10.7. The van der Waals surface area contributed by atoms with Crippen LogP contribution in [0.15, 0.2) is 29.8 Å². The summed E-state index contributed by atoms with van der Waals surface area (Å²) in [6, 6.07) is 4.19. The first kappa shape index (κ1) is 10.4. The van der Waals surface area contributed by atoms with Crippen LogP contribution in [0.3, 0.4) is 0 Å². The third-order valence-corrected chi connectivity index (χ3v) is 1.92.